The van der Waals surface area contributed by atoms with Gasteiger partial charge in [-0.1, -0.05) is 36.4 Å². The first-order valence-corrected chi connectivity index (χ1v) is 10.1. The second kappa shape index (κ2) is 9.61. The van der Waals surface area contributed by atoms with E-state index in [-0.39, 0.29) is 13.0 Å². The smallest absolute Gasteiger partial charge is 0.338 e. The van der Waals surface area contributed by atoms with E-state index < -0.39 is 47.4 Å². The van der Waals surface area contributed by atoms with Crippen LogP contribution in [0.4, 0.5) is 4.39 Å². The fraction of sp³-hybridized carbons (Fsp3) is 0.217. The first kappa shape index (κ1) is 22.2. The van der Waals surface area contributed by atoms with Crippen LogP contribution in [0.2, 0.25) is 0 Å². The van der Waals surface area contributed by atoms with E-state index in [9.17, 15) is 23.6 Å². The molecule has 9 nitrogen and oxygen atoms in total. The van der Waals surface area contributed by atoms with Crippen LogP contribution in [0, 0.1) is 5.82 Å². The standard InChI is InChI=1S/C23H19FN2O7/c24-16-12-26(23(30)25-20(16)27)19-11-17(33-22(29)15-9-5-2-6-10-15)18(32-19)13-31-21(28)14-7-3-1-4-8-14/h1-10,12,17-19H,11,13H2,(H,25,27,30)/t17-,18+,19-/m1/s1. The number of ether oxygens (including phenoxy) is 3. The van der Waals surface area contributed by atoms with E-state index in [4.69, 9.17) is 14.2 Å². The SMILES string of the molecule is O=C(OC[C@@H]1O[C@@H](n2cc(F)c(=O)[nH]c2=O)C[C@H]1OC(=O)c1ccccc1)c1ccccc1. The molecule has 0 amide bonds. The molecule has 3 atom stereocenters. The average Bonchev–Trinajstić information content (AvgIpc) is 3.23. The van der Waals surface area contributed by atoms with Crippen LogP contribution in [-0.4, -0.2) is 40.3 Å². The predicted molar refractivity (Wildman–Crippen MR) is 112 cm³/mol. The minimum Gasteiger partial charge on any atom is -0.459 e. The fourth-order valence-corrected chi connectivity index (χ4v) is 3.42. The molecular weight excluding hydrogens is 435 g/mol. The van der Waals surface area contributed by atoms with Gasteiger partial charge < -0.3 is 14.2 Å². The summed E-state index contributed by atoms with van der Waals surface area (Å²) in [7, 11) is 0. The largest absolute Gasteiger partial charge is 0.459 e. The van der Waals surface area contributed by atoms with Crippen LogP contribution in [0.15, 0.2) is 76.4 Å². The summed E-state index contributed by atoms with van der Waals surface area (Å²) in [6.07, 6.45) is -2.21. The van der Waals surface area contributed by atoms with E-state index in [0.29, 0.717) is 11.1 Å². The molecule has 33 heavy (non-hydrogen) atoms. The molecule has 1 N–H and O–H groups in total. The molecule has 0 aliphatic carbocycles. The number of halogens is 1. The van der Waals surface area contributed by atoms with Gasteiger partial charge in [-0.25, -0.2) is 14.4 Å². The van der Waals surface area contributed by atoms with Crippen molar-refractivity contribution in [3.8, 4) is 0 Å². The third-order valence-corrected chi connectivity index (χ3v) is 5.07. The highest BCUT2D eigenvalue weighted by Crippen LogP contribution is 2.31. The second-order valence-corrected chi connectivity index (χ2v) is 7.28. The van der Waals surface area contributed by atoms with Crippen LogP contribution in [0.5, 0.6) is 0 Å². The monoisotopic (exact) mass is 454 g/mol. The summed E-state index contributed by atoms with van der Waals surface area (Å²) in [5.41, 5.74) is -1.42. The van der Waals surface area contributed by atoms with Gasteiger partial charge in [0.1, 0.15) is 25.0 Å². The molecule has 10 heteroatoms. The zero-order valence-electron chi connectivity index (χ0n) is 17.2. The molecule has 1 fully saturated rings. The Hall–Kier alpha value is -4.05. The molecule has 3 aromatic rings. The van der Waals surface area contributed by atoms with Crippen LogP contribution < -0.4 is 11.2 Å². The van der Waals surface area contributed by atoms with Crippen molar-refractivity contribution in [2.75, 3.05) is 6.61 Å². The van der Waals surface area contributed by atoms with Crippen LogP contribution in [0.25, 0.3) is 0 Å². The Bertz CT molecular complexity index is 1260. The molecule has 0 bridgehead atoms. The summed E-state index contributed by atoms with van der Waals surface area (Å²) in [5.74, 6) is -2.41. The highest BCUT2D eigenvalue weighted by molar-refractivity contribution is 5.90. The van der Waals surface area contributed by atoms with Crippen LogP contribution in [-0.2, 0) is 14.2 Å². The van der Waals surface area contributed by atoms with Gasteiger partial charge in [0, 0.05) is 6.42 Å². The lowest BCUT2D eigenvalue weighted by Gasteiger charge is -2.19. The number of H-pyrrole nitrogens is 1. The van der Waals surface area contributed by atoms with Crippen LogP contribution in [0.3, 0.4) is 0 Å². The first-order valence-electron chi connectivity index (χ1n) is 10.1. The Morgan fingerprint density at radius 2 is 1.61 bits per heavy atom. The summed E-state index contributed by atoms with van der Waals surface area (Å²) in [4.78, 5) is 50.2. The normalized spacial score (nSPS) is 19.7. The number of carbonyl (C=O) groups is 2. The van der Waals surface area contributed by atoms with Gasteiger partial charge in [0.05, 0.1) is 17.3 Å². The fourth-order valence-electron chi connectivity index (χ4n) is 3.42. The van der Waals surface area contributed by atoms with Crippen molar-refractivity contribution in [1.29, 1.82) is 0 Å². The van der Waals surface area contributed by atoms with Crippen molar-refractivity contribution in [3.05, 3.63) is 105 Å². The molecule has 1 saturated heterocycles. The minimum atomic E-state index is -1.17. The van der Waals surface area contributed by atoms with Crippen molar-refractivity contribution in [2.45, 2.75) is 24.9 Å². The zero-order chi connectivity index (χ0) is 23.4. The quantitative estimate of drug-likeness (QED) is 0.567. The van der Waals surface area contributed by atoms with Crippen molar-refractivity contribution < 1.29 is 28.2 Å². The number of aromatic amines is 1. The van der Waals surface area contributed by atoms with Gasteiger partial charge in [0.15, 0.2) is 0 Å². The molecule has 1 aromatic heterocycles. The highest BCUT2D eigenvalue weighted by atomic mass is 19.1. The van der Waals surface area contributed by atoms with Gasteiger partial charge in [0.25, 0.3) is 5.56 Å². The van der Waals surface area contributed by atoms with Crippen molar-refractivity contribution in [2.24, 2.45) is 0 Å². The lowest BCUT2D eigenvalue weighted by Crippen LogP contribution is -2.34. The van der Waals surface area contributed by atoms with E-state index in [1.807, 2.05) is 4.98 Å². The summed E-state index contributed by atoms with van der Waals surface area (Å²) in [5, 5.41) is 0. The molecule has 1 aliphatic rings. The van der Waals surface area contributed by atoms with Crippen molar-refractivity contribution in [3.63, 3.8) is 0 Å². The zero-order valence-corrected chi connectivity index (χ0v) is 17.2. The molecular formula is C23H19FN2O7. The van der Waals surface area contributed by atoms with Crippen LogP contribution in [0.1, 0.15) is 33.4 Å². The van der Waals surface area contributed by atoms with E-state index in [1.165, 1.54) is 0 Å². The summed E-state index contributed by atoms with van der Waals surface area (Å²) in [6.45, 7) is -0.280. The van der Waals surface area contributed by atoms with E-state index in [2.05, 4.69) is 0 Å². The third kappa shape index (κ3) is 5.07. The summed E-state index contributed by atoms with van der Waals surface area (Å²) in [6, 6.07) is 16.5. The number of aromatic nitrogens is 2. The number of benzene rings is 2. The second-order valence-electron chi connectivity index (χ2n) is 7.28. The summed E-state index contributed by atoms with van der Waals surface area (Å²) < 4.78 is 31.3. The molecule has 0 saturated carbocycles. The van der Waals surface area contributed by atoms with Gasteiger partial charge in [0.2, 0.25) is 5.82 Å². The average molecular weight is 454 g/mol. The first-order chi connectivity index (χ1) is 15.9. The minimum absolute atomic E-state index is 0.0302. The summed E-state index contributed by atoms with van der Waals surface area (Å²) >= 11 is 0. The lowest BCUT2D eigenvalue weighted by molar-refractivity contribution is -0.0584. The van der Waals surface area contributed by atoms with Gasteiger partial charge >= 0.3 is 17.6 Å². The number of carbonyl (C=O) groups excluding carboxylic acids is 2. The number of esters is 2. The molecule has 2 heterocycles. The number of rotatable bonds is 6. The Balaban J connectivity index is 1.53. The van der Waals surface area contributed by atoms with E-state index in [0.717, 1.165) is 10.8 Å². The Morgan fingerprint density at radius 1 is 1.00 bits per heavy atom. The molecule has 2 aromatic carbocycles. The number of nitrogens with one attached hydrogen (secondary N) is 1. The Kier molecular flexibility index (Phi) is 6.45. The maximum atomic E-state index is 13.8. The maximum absolute atomic E-state index is 13.8. The van der Waals surface area contributed by atoms with E-state index in [1.54, 1.807) is 60.7 Å². The maximum Gasteiger partial charge on any atom is 0.338 e. The van der Waals surface area contributed by atoms with E-state index >= 15 is 0 Å². The predicted octanol–water partition coefficient (Wildman–Crippen LogP) is 2.05. The van der Waals surface area contributed by atoms with Crippen molar-refractivity contribution in [1.82, 2.24) is 9.55 Å². The molecule has 0 spiro atoms. The highest BCUT2D eigenvalue weighted by Gasteiger charge is 2.40. The van der Waals surface area contributed by atoms with Crippen LogP contribution >= 0.6 is 0 Å². The molecule has 0 radical (unpaired) electrons. The number of nitrogens with zero attached hydrogens (tertiary/aromatic N) is 1. The van der Waals surface area contributed by atoms with Gasteiger partial charge in [-0.3, -0.25) is 14.3 Å². The molecule has 170 valence electrons. The lowest BCUT2D eigenvalue weighted by atomic mass is 10.1. The van der Waals surface area contributed by atoms with Crippen molar-refractivity contribution >= 4 is 11.9 Å². The van der Waals surface area contributed by atoms with Gasteiger partial charge in [-0.05, 0) is 24.3 Å². The van der Waals surface area contributed by atoms with Gasteiger partial charge in [-0.2, -0.15) is 4.39 Å². The van der Waals surface area contributed by atoms with Gasteiger partial charge in [-0.15, -0.1) is 0 Å². The molecule has 4 rings (SSSR count). The number of hydrogen-bond donors (Lipinski definition) is 1. The Labute approximate surface area is 186 Å². The third-order valence-electron chi connectivity index (χ3n) is 5.07. The molecule has 0 unspecified atom stereocenters. The number of hydrogen-bond acceptors (Lipinski definition) is 7. The topological polar surface area (TPSA) is 117 Å². The molecule has 1 aliphatic heterocycles. The Morgan fingerprint density at radius 3 is 2.24 bits per heavy atom.